The number of rotatable bonds is 1. The van der Waals surface area contributed by atoms with Crippen molar-refractivity contribution in [3.63, 3.8) is 0 Å². The van der Waals surface area contributed by atoms with E-state index >= 15 is 0 Å². The molecule has 0 spiro atoms. The van der Waals surface area contributed by atoms with Crippen LogP contribution in [-0.2, 0) is 11.2 Å². The van der Waals surface area contributed by atoms with Gasteiger partial charge in [-0.05, 0) is 55.0 Å². The quantitative estimate of drug-likeness (QED) is 0.592. The maximum Gasteiger partial charge on any atom is 0.127 e. The van der Waals surface area contributed by atoms with Gasteiger partial charge in [-0.3, -0.25) is 0 Å². The molecule has 0 radical (unpaired) electrons. The number of hydrogen-bond donors (Lipinski definition) is 0. The Kier molecular flexibility index (Phi) is 4.03. The van der Waals surface area contributed by atoms with E-state index in [1.165, 1.54) is 0 Å². The van der Waals surface area contributed by atoms with Gasteiger partial charge in [-0.15, -0.1) is 0 Å². The van der Waals surface area contributed by atoms with Crippen molar-refractivity contribution in [2.45, 2.75) is 25.2 Å². The molecule has 1 aliphatic carbocycles. The lowest BCUT2D eigenvalue weighted by atomic mass is 9.86. The number of pyridine rings is 1. The van der Waals surface area contributed by atoms with E-state index < -0.39 is 0 Å². The number of aldehydes is 1. The van der Waals surface area contributed by atoms with E-state index in [9.17, 15) is 4.79 Å². The van der Waals surface area contributed by atoms with Crippen LogP contribution in [0.25, 0.3) is 0 Å². The van der Waals surface area contributed by atoms with E-state index in [0.717, 1.165) is 48.1 Å². The van der Waals surface area contributed by atoms with Crippen LogP contribution in [0.15, 0.2) is 36.4 Å². The second-order valence-electron chi connectivity index (χ2n) is 5.13. The summed E-state index contributed by atoms with van der Waals surface area (Å²) in [6.07, 6.45) is 3.88. The van der Waals surface area contributed by atoms with Gasteiger partial charge in [0.05, 0.1) is 0 Å². The number of nitrogens with zero attached hydrogens (tertiary/aromatic N) is 1. The number of carbonyl (C=O) groups is 1. The van der Waals surface area contributed by atoms with Gasteiger partial charge in [0.1, 0.15) is 12.0 Å². The maximum absolute atomic E-state index is 11.1. The first-order chi connectivity index (χ1) is 10.3. The number of halogens is 1. The van der Waals surface area contributed by atoms with Crippen LogP contribution in [0.3, 0.4) is 0 Å². The van der Waals surface area contributed by atoms with Crippen molar-refractivity contribution in [1.29, 1.82) is 0 Å². The molecule has 0 N–H and O–H groups in total. The fourth-order valence-corrected chi connectivity index (χ4v) is 2.80. The average Bonchev–Trinajstić information content (AvgIpc) is 2.52. The Morgan fingerprint density at radius 3 is 2.95 bits per heavy atom. The average molecular weight is 296 g/mol. The molecular weight excluding hydrogens is 282 g/mol. The van der Waals surface area contributed by atoms with Crippen LogP contribution in [0, 0.1) is 11.8 Å². The largest absolute Gasteiger partial charge is 0.303 e. The first-order valence-electron chi connectivity index (χ1n) is 6.99. The molecular formula is C18H14ClNO. The first-order valence-corrected chi connectivity index (χ1v) is 7.37. The van der Waals surface area contributed by atoms with Gasteiger partial charge in [0.25, 0.3) is 0 Å². The van der Waals surface area contributed by atoms with Crippen molar-refractivity contribution in [1.82, 2.24) is 4.98 Å². The molecule has 0 amide bonds. The molecule has 1 aliphatic rings. The van der Waals surface area contributed by atoms with Crippen LogP contribution in [0.5, 0.6) is 0 Å². The Morgan fingerprint density at radius 2 is 2.14 bits per heavy atom. The minimum atomic E-state index is -0.00353. The highest BCUT2D eigenvalue weighted by atomic mass is 35.5. The highest BCUT2D eigenvalue weighted by molar-refractivity contribution is 6.30. The van der Waals surface area contributed by atoms with E-state index in [1.807, 2.05) is 36.4 Å². The molecule has 104 valence electrons. The number of aromatic nitrogens is 1. The summed E-state index contributed by atoms with van der Waals surface area (Å²) in [6, 6.07) is 11.3. The Labute approximate surface area is 129 Å². The van der Waals surface area contributed by atoms with Gasteiger partial charge in [-0.2, -0.15) is 0 Å². The molecule has 1 atom stereocenters. The summed E-state index contributed by atoms with van der Waals surface area (Å²) >= 11 is 5.94. The monoisotopic (exact) mass is 295 g/mol. The fraction of sp³-hybridized carbons (Fsp3) is 0.222. The number of fused-ring (bicyclic) bond motifs is 1. The van der Waals surface area contributed by atoms with Gasteiger partial charge in [0, 0.05) is 22.2 Å². The molecule has 2 nitrogen and oxygen atoms in total. The van der Waals surface area contributed by atoms with E-state index in [4.69, 9.17) is 11.6 Å². The molecule has 1 heterocycles. The molecule has 0 saturated carbocycles. The zero-order valence-corrected chi connectivity index (χ0v) is 12.2. The second kappa shape index (κ2) is 6.11. The lowest BCUT2D eigenvalue weighted by Gasteiger charge is -2.20. The minimum absolute atomic E-state index is 0.00353. The van der Waals surface area contributed by atoms with Crippen LogP contribution in [0.1, 0.15) is 41.3 Å². The van der Waals surface area contributed by atoms with Crippen LogP contribution >= 0.6 is 11.6 Å². The molecule has 3 heteroatoms. The summed E-state index contributed by atoms with van der Waals surface area (Å²) in [5.74, 6) is 6.13. The third-order valence-electron chi connectivity index (χ3n) is 3.66. The van der Waals surface area contributed by atoms with E-state index in [2.05, 4.69) is 16.8 Å². The van der Waals surface area contributed by atoms with Gasteiger partial charge in [-0.1, -0.05) is 29.7 Å². The van der Waals surface area contributed by atoms with Crippen LogP contribution in [0.2, 0.25) is 5.02 Å². The highest BCUT2D eigenvalue weighted by Gasteiger charge is 2.20. The summed E-state index contributed by atoms with van der Waals surface area (Å²) in [5, 5.41) is 0.675. The van der Waals surface area contributed by atoms with Crippen molar-refractivity contribution < 1.29 is 4.79 Å². The van der Waals surface area contributed by atoms with Crippen LogP contribution < -0.4 is 0 Å². The Bertz CT molecular complexity index is 742. The minimum Gasteiger partial charge on any atom is -0.303 e. The molecule has 1 aromatic heterocycles. The molecule has 21 heavy (non-hydrogen) atoms. The summed E-state index contributed by atoms with van der Waals surface area (Å²) in [5.41, 5.74) is 3.67. The summed E-state index contributed by atoms with van der Waals surface area (Å²) in [7, 11) is 0. The van der Waals surface area contributed by atoms with E-state index in [0.29, 0.717) is 5.02 Å². The highest BCUT2D eigenvalue weighted by Crippen LogP contribution is 2.28. The van der Waals surface area contributed by atoms with Crippen molar-refractivity contribution in [2.24, 2.45) is 0 Å². The lowest BCUT2D eigenvalue weighted by Crippen LogP contribution is -2.12. The second-order valence-corrected chi connectivity index (χ2v) is 5.56. The van der Waals surface area contributed by atoms with Gasteiger partial charge < -0.3 is 4.79 Å². The van der Waals surface area contributed by atoms with Crippen molar-refractivity contribution in [3.8, 4) is 11.8 Å². The van der Waals surface area contributed by atoms with E-state index in [-0.39, 0.29) is 5.92 Å². The molecule has 3 rings (SSSR count). The Morgan fingerprint density at radius 1 is 1.24 bits per heavy atom. The van der Waals surface area contributed by atoms with Crippen LogP contribution in [-0.4, -0.2) is 11.3 Å². The van der Waals surface area contributed by atoms with Gasteiger partial charge >= 0.3 is 0 Å². The number of hydrogen-bond acceptors (Lipinski definition) is 2. The van der Waals surface area contributed by atoms with Gasteiger partial charge in [-0.25, -0.2) is 4.98 Å². The lowest BCUT2D eigenvalue weighted by molar-refractivity contribution is -0.109. The predicted octanol–water partition coefficient (Wildman–Crippen LogP) is 3.75. The fourth-order valence-electron chi connectivity index (χ4n) is 2.61. The molecule has 1 unspecified atom stereocenters. The first kappa shape index (κ1) is 13.9. The maximum atomic E-state index is 11.1. The molecule has 0 fully saturated rings. The third-order valence-corrected chi connectivity index (χ3v) is 3.90. The Hall–Kier alpha value is -2.11. The standard InChI is InChI=1S/C18H14ClNO/c19-15-5-1-3-13(11-15)7-8-16-9-10-17-14(12-21)4-2-6-18(17)20-16/h1,3,5,9-12,14H,2,4,6H2. The van der Waals surface area contributed by atoms with Gasteiger partial charge in [0.2, 0.25) is 0 Å². The SMILES string of the molecule is O=CC1CCCc2nc(C#Cc3cccc(Cl)c3)ccc21. The Balaban J connectivity index is 1.90. The summed E-state index contributed by atoms with van der Waals surface area (Å²) in [4.78, 5) is 15.7. The van der Waals surface area contributed by atoms with Gasteiger partial charge in [0.15, 0.2) is 0 Å². The third kappa shape index (κ3) is 3.15. The zero-order valence-electron chi connectivity index (χ0n) is 11.5. The normalized spacial score (nSPS) is 16.5. The predicted molar refractivity (Wildman–Crippen MR) is 83.4 cm³/mol. The van der Waals surface area contributed by atoms with Crippen molar-refractivity contribution in [3.05, 3.63) is 63.9 Å². The molecule has 0 bridgehead atoms. The smallest absolute Gasteiger partial charge is 0.127 e. The number of aryl methyl sites for hydroxylation is 1. The summed E-state index contributed by atoms with van der Waals surface area (Å²) < 4.78 is 0. The van der Waals surface area contributed by atoms with Crippen LogP contribution in [0.4, 0.5) is 0 Å². The van der Waals surface area contributed by atoms with Crippen molar-refractivity contribution in [2.75, 3.05) is 0 Å². The summed E-state index contributed by atoms with van der Waals surface area (Å²) in [6.45, 7) is 0. The molecule has 0 aliphatic heterocycles. The zero-order chi connectivity index (χ0) is 14.7. The van der Waals surface area contributed by atoms with E-state index in [1.54, 1.807) is 0 Å². The van der Waals surface area contributed by atoms with Crippen molar-refractivity contribution >= 4 is 17.9 Å². The molecule has 1 aromatic carbocycles. The molecule has 0 saturated heterocycles. The number of carbonyl (C=O) groups excluding carboxylic acids is 1. The number of benzene rings is 1. The molecule has 2 aromatic rings. The topological polar surface area (TPSA) is 30.0 Å².